The highest BCUT2D eigenvalue weighted by atomic mass is 127. The summed E-state index contributed by atoms with van der Waals surface area (Å²) in [5, 5.41) is 6.93. The van der Waals surface area contributed by atoms with Crippen LogP contribution in [0.1, 0.15) is 31.7 Å². The fourth-order valence-electron chi connectivity index (χ4n) is 3.75. The maximum absolute atomic E-state index is 6.01. The molecular formula is C20H33IN4O. The molecule has 2 heterocycles. The van der Waals surface area contributed by atoms with E-state index in [1.54, 1.807) is 0 Å². The van der Waals surface area contributed by atoms with Crippen LogP contribution >= 0.6 is 24.0 Å². The summed E-state index contributed by atoms with van der Waals surface area (Å²) >= 11 is 0. The first-order chi connectivity index (χ1) is 12.2. The standard InChI is InChI=1S/C20H32N4O.HI/c1-16(10-11-17-7-4-3-5-8-17)23-20(21-2)22-13-19-14-24-12-6-9-18(24)15-25-19;/h3-5,7-8,16,18-19H,6,9-15H2,1-2H3,(H2,21,22,23);1H. The summed E-state index contributed by atoms with van der Waals surface area (Å²) in [6.07, 6.45) is 5.03. The van der Waals surface area contributed by atoms with Crippen molar-refractivity contribution in [2.45, 2.75) is 50.8 Å². The zero-order chi connectivity index (χ0) is 17.5. The van der Waals surface area contributed by atoms with Gasteiger partial charge in [0, 0.05) is 32.2 Å². The lowest BCUT2D eigenvalue weighted by atomic mass is 10.1. The summed E-state index contributed by atoms with van der Waals surface area (Å²) in [6.45, 7) is 6.17. The predicted octanol–water partition coefficient (Wildman–Crippen LogP) is 2.65. The Kier molecular flexibility index (Phi) is 9.15. The number of morpholine rings is 1. The molecule has 3 rings (SSSR count). The zero-order valence-corrected chi connectivity index (χ0v) is 18.3. The van der Waals surface area contributed by atoms with E-state index < -0.39 is 0 Å². The fraction of sp³-hybridized carbons (Fsp3) is 0.650. The van der Waals surface area contributed by atoms with Crippen molar-refractivity contribution in [2.24, 2.45) is 4.99 Å². The second-order valence-corrected chi connectivity index (χ2v) is 7.27. The van der Waals surface area contributed by atoms with Crippen LogP contribution < -0.4 is 10.6 Å². The molecule has 0 aromatic heterocycles. The van der Waals surface area contributed by atoms with Gasteiger partial charge >= 0.3 is 0 Å². The average molecular weight is 472 g/mol. The van der Waals surface area contributed by atoms with Gasteiger partial charge in [0.1, 0.15) is 0 Å². The molecule has 2 aliphatic heterocycles. The van der Waals surface area contributed by atoms with Crippen LogP contribution in [0.4, 0.5) is 0 Å². The van der Waals surface area contributed by atoms with E-state index in [9.17, 15) is 0 Å². The Labute approximate surface area is 175 Å². The Morgan fingerprint density at radius 3 is 2.92 bits per heavy atom. The van der Waals surface area contributed by atoms with Gasteiger partial charge in [-0.15, -0.1) is 24.0 Å². The second-order valence-electron chi connectivity index (χ2n) is 7.27. The average Bonchev–Trinajstić information content (AvgIpc) is 3.12. The third-order valence-corrected chi connectivity index (χ3v) is 5.27. The summed E-state index contributed by atoms with van der Waals surface area (Å²) in [5.74, 6) is 0.868. The van der Waals surface area contributed by atoms with Crippen molar-refractivity contribution in [2.75, 3.05) is 33.3 Å². The number of benzene rings is 1. The number of nitrogens with zero attached hydrogens (tertiary/aromatic N) is 2. The maximum atomic E-state index is 6.01. The molecule has 0 bridgehead atoms. The van der Waals surface area contributed by atoms with Gasteiger partial charge in [-0.3, -0.25) is 9.89 Å². The first-order valence-electron chi connectivity index (χ1n) is 9.61. The maximum Gasteiger partial charge on any atom is 0.191 e. The van der Waals surface area contributed by atoms with Crippen molar-refractivity contribution in [1.82, 2.24) is 15.5 Å². The van der Waals surface area contributed by atoms with Crippen LogP contribution in [0.2, 0.25) is 0 Å². The van der Waals surface area contributed by atoms with Gasteiger partial charge in [-0.25, -0.2) is 0 Å². The van der Waals surface area contributed by atoms with Crippen LogP contribution in [0.25, 0.3) is 0 Å². The molecule has 2 aliphatic rings. The largest absolute Gasteiger partial charge is 0.373 e. The Balaban J connectivity index is 0.00000243. The van der Waals surface area contributed by atoms with Gasteiger partial charge < -0.3 is 15.4 Å². The number of fused-ring (bicyclic) bond motifs is 1. The molecule has 0 radical (unpaired) electrons. The zero-order valence-electron chi connectivity index (χ0n) is 16.0. The van der Waals surface area contributed by atoms with Gasteiger partial charge in [-0.2, -0.15) is 0 Å². The van der Waals surface area contributed by atoms with Gasteiger partial charge in [-0.1, -0.05) is 30.3 Å². The summed E-state index contributed by atoms with van der Waals surface area (Å²) in [5.41, 5.74) is 1.38. The van der Waals surface area contributed by atoms with Gasteiger partial charge in [0.05, 0.1) is 12.7 Å². The number of aryl methyl sites for hydroxylation is 1. The molecule has 0 amide bonds. The number of nitrogens with one attached hydrogen (secondary N) is 2. The van der Waals surface area contributed by atoms with Crippen LogP contribution in [0.15, 0.2) is 35.3 Å². The molecular weight excluding hydrogens is 439 g/mol. The van der Waals surface area contributed by atoms with E-state index in [1.165, 1.54) is 24.9 Å². The number of aliphatic imine (C=N–C) groups is 1. The van der Waals surface area contributed by atoms with Crippen LogP contribution in [-0.4, -0.2) is 62.3 Å². The number of halogens is 1. The number of hydrogen-bond acceptors (Lipinski definition) is 3. The Hall–Kier alpha value is -0.860. The lowest BCUT2D eigenvalue weighted by Gasteiger charge is -2.35. The molecule has 26 heavy (non-hydrogen) atoms. The summed E-state index contributed by atoms with van der Waals surface area (Å²) in [6, 6.07) is 11.7. The molecule has 5 nitrogen and oxygen atoms in total. The highest BCUT2D eigenvalue weighted by molar-refractivity contribution is 14.0. The normalized spacial score (nSPS) is 24.5. The summed E-state index contributed by atoms with van der Waals surface area (Å²) in [4.78, 5) is 6.94. The van der Waals surface area contributed by atoms with Gasteiger partial charge in [0.2, 0.25) is 0 Å². The Bertz CT molecular complexity index is 554. The molecule has 6 heteroatoms. The number of hydrogen-bond donors (Lipinski definition) is 2. The smallest absolute Gasteiger partial charge is 0.191 e. The lowest BCUT2D eigenvalue weighted by Crippen LogP contribution is -2.52. The van der Waals surface area contributed by atoms with Crippen molar-refractivity contribution in [3.8, 4) is 0 Å². The van der Waals surface area contributed by atoms with Crippen molar-refractivity contribution in [3.63, 3.8) is 0 Å². The summed E-state index contributed by atoms with van der Waals surface area (Å²) < 4.78 is 6.01. The van der Waals surface area contributed by atoms with Gasteiger partial charge in [-0.05, 0) is 44.7 Å². The Morgan fingerprint density at radius 2 is 2.15 bits per heavy atom. The van der Waals surface area contributed by atoms with Crippen LogP contribution in [-0.2, 0) is 11.2 Å². The third kappa shape index (κ3) is 6.39. The minimum Gasteiger partial charge on any atom is -0.373 e. The molecule has 2 N–H and O–H groups in total. The summed E-state index contributed by atoms with van der Waals surface area (Å²) in [7, 11) is 1.83. The van der Waals surface area contributed by atoms with Crippen molar-refractivity contribution < 1.29 is 4.74 Å². The fourth-order valence-corrected chi connectivity index (χ4v) is 3.75. The topological polar surface area (TPSA) is 48.9 Å². The SMILES string of the molecule is CN=C(NCC1CN2CCCC2CO1)NC(C)CCc1ccccc1.I. The molecule has 1 aromatic carbocycles. The molecule has 3 atom stereocenters. The highest BCUT2D eigenvalue weighted by Gasteiger charge is 2.32. The number of ether oxygens (including phenoxy) is 1. The first-order valence-corrected chi connectivity index (χ1v) is 9.61. The molecule has 0 saturated carbocycles. The first kappa shape index (κ1) is 21.4. The lowest BCUT2D eigenvalue weighted by molar-refractivity contribution is -0.0453. The van der Waals surface area contributed by atoms with E-state index >= 15 is 0 Å². The van der Waals surface area contributed by atoms with E-state index in [0.717, 1.165) is 38.5 Å². The molecule has 2 saturated heterocycles. The van der Waals surface area contributed by atoms with E-state index in [4.69, 9.17) is 4.74 Å². The van der Waals surface area contributed by atoms with E-state index in [-0.39, 0.29) is 30.1 Å². The molecule has 0 aliphatic carbocycles. The van der Waals surface area contributed by atoms with Crippen LogP contribution in [0.3, 0.4) is 0 Å². The molecule has 0 spiro atoms. The van der Waals surface area contributed by atoms with Gasteiger partial charge in [0.15, 0.2) is 5.96 Å². The highest BCUT2D eigenvalue weighted by Crippen LogP contribution is 2.22. The van der Waals surface area contributed by atoms with Crippen LogP contribution in [0.5, 0.6) is 0 Å². The number of rotatable bonds is 6. The second kappa shape index (κ2) is 11.1. The van der Waals surface area contributed by atoms with Crippen molar-refractivity contribution in [1.29, 1.82) is 0 Å². The monoisotopic (exact) mass is 472 g/mol. The molecule has 3 unspecified atom stereocenters. The van der Waals surface area contributed by atoms with Gasteiger partial charge in [0.25, 0.3) is 0 Å². The minimum atomic E-state index is 0. The van der Waals surface area contributed by atoms with E-state index in [1.807, 2.05) is 7.05 Å². The third-order valence-electron chi connectivity index (χ3n) is 5.27. The van der Waals surface area contributed by atoms with Crippen LogP contribution in [0, 0.1) is 0 Å². The quantitative estimate of drug-likeness (QED) is 0.380. The Morgan fingerprint density at radius 1 is 1.35 bits per heavy atom. The molecule has 2 fully saturated rings. The predicted molar refractivity (Wildman–Crippen MR) is 118 cm³/mol. The van der Waals surface area contributed by atoms with E-state index in [2.05, 4.69) is 57.8 Å². The molecule has 1 aromatic rings. The van der Waals surface area contributed by atoms with Crippen molar-refractivity contribution in [3.05, 3.63) is 35.9 Å². The number of guanidine groups is 1. The van der Waals surface area contributed by atoms with Crippen molar-refractivity contribution >= 4 is 29.9 Å². The molecule has 146 valence electrons. The minimum absolute atomic E-state index is 0. The van der Waals surface area contributed by atoms with E-state index in [0.29, 0.717) is 12.1 Å².